The van der Waals surface area contributed by atoms with E-state index in [9.17, 15) is 14.7 Å². The summed E-state index contributed by atoms with van der Waals surface area (Å²) in [4.78, 5) is 23.5. The van der Waals surface area contributed by atoms with Crippen LogP contribution < -0.4 is 5.32 Å². The molecule has 2 N–H and O–H groups in total. The molecule has 2 rings (SSSR count). The molecule has 0 aromatic rings. The van der Waals surface area contributed by atoms with Gasteiger partial charge in [-0.1, -0.05) is 0 Å². The lowest BCUT2D eigenvalue weighted by atomic mass is 9.91. The second kappa shape index (κ2) is 5.93. The minimum Gasteiger partial charge on any atom is -0.480 e. The molecule has 0 aliphatic carbocycles. The monoisotopic (exact) mass is 273 g/mol. The number of nitrogens with one attached hydrogen (secondary N) is 1. The van der Waals surface area contributed by atoms with E-state index in [0.29, 0.717) is 25.9 Å². The van der Waals surface area contributed by atoms with Crippen LogP contribution in [0.3, 0.4) is 0 Å². The van der Waals surface area contributed by atoms with Gasteiger partial charge in [0.15, 0.2) is 0 Å². The van der Waals surface area contributed by atoms with Crippen molar-refractivity contribution in [2.75, 3.05) is 18.1 Å². The number of amides is 1. The average molecular weight is 273 g/mol. The molecule has 0 bridgehead atoms. The number of carbonyl (C=O) groups is 2. The zero-order valence-corrected chi connectivity index (χ0v) is 11.1. The molecular formula is C12H19NO4S. The Hall–Kier alpha value is -0.750. The molecule has 0 aromatic carbocycles. The van der Waals surface area contributed by atoms with Gasteiger partial charge in [0.2, 0.25) is 5.91 Å². The number of carboxylic acids is 1. The summed E-state index contributed by atoms with van der Waals surface area (Å²) < 4.78 is 5.40. The first-order valence-corrected chi connectivity index (χ1v) is 7.54. The van der Waals surface area contributed by atoms with Gasteiger partial charge in [-0.15, -0.1) is 0 Å². The van der Waals surface area contributed by atoms with Crippen molar-refractivity contribution < 1.29 is 19.4 Å². The average Bonchev–Trinajstić information content (AvgIpc) is 2.40. The lowest BCUT2D eigenvalue weighted by Crippen LogP contribution is -2.59. The van der Waals surface area contributed by atoms with Gasteiger partial charge in [-0.3, -0.25) is 4.79 Å². The molecule has 1 amide bonds. The van der Waals surface area contributed by atoms with E-state index in [-0.39, 0.29) is 5.91 Å². The highest BCUT2D eigenvalue weighted by molar-refractivity contribution is 7.99. The fourth-order valence-electron chi connectivity index (χ4n) is 2.38. The zero-order valence-electron chi connectivity index (χ0n) is 10.3. The maximum atomic E-state index is 12.1. The predicted molar refractivity (Wildman–Crippen MR) is 68.7 cm³/mol. The number of hydrogen-bond acceptors (Lipinski definition) is 4. The first kappa shape index (κ1) is 13.7. The Kier molecular flexibility index (Phi) is 4.50. The molecule has 102 valence electrons. The minimum absolute atomic E-state index is 0.260. The summed E-state index contributed by atoms with van der Waals surface area (Å²) in [5.74, 6) is 0.367. The van der Waals surface area contributed by atoms with Gasteiger partial charge in [0.1, 0.15) is 11.6 Å². The molecule has 0 aromatic heterocycles. The van der Waals surface area contributed by atoms with Gasteiger partial charge in [0.25, 0.3) is 0 Å². The summed E-state index contributed by atoms with van der Waals surface area (Å²) in [6.07, 6.45) is 3.15. The van der Waals surface area contributed by atoms with Crippen LogP contribution in [0.25, 0.3) is 0 Å². The lowest BCUT2D eigenvalue weighted by Gasteiger charge is -2.35. The third-order valence-electron chi connectivity index (χ3n) is 3.59. The first-order chi connectivity index (χ1) is 8.64. The van der Waals surface area contributed by atoms with E-state index >= 15 is 0 Å². The van der Waals surface area contributed by atoms with Gasteiger partial charge >= 0.3 is 5.97 Å². The zero-order chi connectivity index (χ0) is 13.0. The van der Waals surface area contributed by atoms with Crippen molar-refractivity contribution in [2.24, 2.45) is 0 Å². The molecular weight excluding hydrogens is 254 g/mol. The van der Waals surface area contributed by atoms with Gasteiger partial charge in [-0.05, 0) is 43.6 Å². The molecule has 0 saturated carbocycles. The van der Waals surface area contributed by atoms with Gasteiger partial charge in [0.05, 0.1) is 0 Å². The van der Waals surface area contributed by atoms with Crippen molar-refractivity contribution >= 4 is 23.6 Å². The second-order valence-electron chi connectivity index (χ2n) is 4.84. The van der Waals surface area contributed by atoms with E-state index in [1.165, 1.54) is 0 Å². The molecule has 2 fully saturated rings. The van der Waals surface area contributed by atoms with E-state index in [1.807, 2.05) is 0 Å². The van der Waals surface area contributed by atoms with Crippen LogP contribution in [0, 0.1) is 0 Å². The number of carboxylic acid groups (broad SMARTS) is 1. The van der Waals surface area contributed by atoms with E-state index in [1.54, 1.807) is 11.8 Å². The molecule has 2 aliphatic rings. The molecule has 6 heteroatoms. The van der Waals surface area contributed by atoms with Crippen LogP contribution in [0.5, 0.6) is 0 Å². The molecule has 18 heavy (non-hydrogen) atoms. The Morgan fingerprint density at radius 2 is 2.00 bits per heavy atom. The quantitative estimate of drug-likeness (QED) is 0.803. The van der Waals surface area contributed by atoms with Crippen molar-refractivity contribution in [3.8, 4) is 0 Å². The van der Waals surface area contributed by atoms with Crippen molar-refractivity contribution in [1.82, 2.24) is 5.32 Å². The van der Waals surface area contributed by atoms with Crippen LogP contribution in [0.15, 0.2) is 0 Å². The number of hydrogen-bond donors (Lipinski definition) is 2. The number of carbonyl (C=O) groups excluding carboxylic acids is 1. The van der Waals surface area contributed by atoms with E-state index in [0.717, 1.165) is 24.3 Å². The Bertz CT molecular complexity index is 322. The van der Waals surface area contributed by atoms with Gasteiger partial charge in [0, 0.05) is 6.61 Å². The summed E-state index contributed by atoms with van der Waals surface area (Å²) in [5.41, 5.74) is -1.08. The van der Waals surface area contributed by atoms with Crippen molar-refractivity contribution in [1.29, 1.82) is 0 Å². The smallest absolute Gasteiger partial charge is 0.329 e. The Balaban J connectivity index is 1.99. The molecule has 2 heterocycles. The maximum Gasteiger partial charge on any atom is 0.329 e. The molecule has 1 atom stereocenters. The number of aliphatic carboxylic acids is 1. The molecule has 1 unspecified atom stereocenters. The normalized spacial score (nSPS) is 27.4. The van der Waals surface area contributed by atoms with E-state index in [4.69, 9.17) is 4.74 Å². The number of rotatable bonds is 3. The summed E-state index contributed by atoms with van der Waals surface area (Å²) in [6, 6.07) is 0. The SMILES string of the molecule is O=C(NC1(C(=O)O)CCSCC1)C1CCCCO1. The van der Waals surface area contributed by atoms with Gasteiger partial charge < -0.3 is 15.2 Å². The lowest BCUT2D eigenvalue weighted by molar-refractivity contribution is -0.151. The first-order valence-electron chi connectivity index (χ1n) is 6.39. The highest BCUT2D eigenvalue weighted by Crippen LogP contribution is 2.28. The minimum atomic E-state index is -1.08. The topological polar surface area (TPSA) is 75.6 Å². The molecule has 0 radical (unpaired) electrons. The van der Waals surface area contributed by atoms with Crippen molar-refractivity contribution in [2.45, 2.75) is 43.7 Å². The Labute approximate surface area is 111 Å². The largest absolute Gasteiger partial charge is 0.480 e. The van der Waals surface area contributed by atoms with Crippen LogP contribution in [-0.4, -0.2) is 46.7 Å². The maximum absolute atomic E-state index is 12.1. The molecule has 2 saturated heterocycles. The molecule has 5 nitrogen and oxygen atoms in total. The van der Waals surface area contributed by atoms with E-state index in [2.05, 4.69) is 5.32 Å². The number of thioether (sulfide) groups is 1. The predicted octanol–water partition coefficient (Wildman–Crippen LogP) is 1.02. The van der Waals surface area contributed by atoms with Crippen molar-refractivity contribution in [3.63, 3.8) is 0 Å². The molecule has 2 aliphatic heterocycles. The van der Waals surface area contributed by atoms with Crippen molar-refractivity contribution in [3.05, 3.63) is 0 Å². The third-order valence-corrected chi connectivity index (χ3v) is 4.58. The van der Waals surface area contributed by atoms with Crippen LogP contribution in [0.4, 0.5) is 0 Å². The van der Waals surface area contributed by atoms with Gasteiger partial charge in [-0.2, -0.15) is 11.8 Å². The number of ether oxygens (including phenoxy) is 1. The molecule has 0 spiro atoms. The third kappa shape index (κ3) is 2.98. The van der Waals surface area contributed by atoms with Gasteiger partial charge in [-0.25, -0.2) is 4.79 Å². The summed E-state index contributed by atoms with van der Waals surface area (Å²) in [6.45, 7) is 0.591. The highest BCUT2D eigenvalue weighted by Gasteiger charge is 2.42. The second-order valence-corrected chi connectivity index (χ2v) is 6.07. The fraction of sp³-hybridized carbons (Fsp3) is 0.833. The summed E-state index contributed by atoms with van der Waals surface area (Å²) in [7, 11) is 0. The van der Waals surface area contributed by atoms with Crippen LogP contribution >= 0.6 is 11.8 Å². The Morgan fingerprint density at radius 1 is 1.28 bits per heavy atom. The van der Waals surface area contributed by atoms with Crippen LogP contribution in [-0.2, 0) is 14.3 Å². The highest BCUT2D eigenvalue weighted by atomic mass is 32.2. The summed E-state index contributed by atoms with van der Waals surface area (Å²) in [5, 5.41) is 12.1. The van der Waals surface area contributed by atoms with E-state index < -0.39 is 17.6 Å². The van der Waals surface area contributed by atoms with Crippen LogP contribution in [0.2, 0.25) is 0 Å². The standard InChI is InChI=1S/C12H19NO4S/c14-10(9-3-1-2-6-17-9)13-12(11(15)16)4-7-18-8-5-12/h9H,1-8H2,(H,13,14)(H,15,16). The van der Waals surface area contributed by atoms with Crippen LogP contribution in [0.1, 0.15) is 32.1 Å². The fourth-order valence-corrected chi connectivity index (χ4v) is 3.57. The Morgan fingerprint density at radius 3 is 2.56 bits per heavy atom. The summed E-state index contributed by atoms with van der Waals surface area (Å²) >= 11 is 1.73.